The predicted molar refractivity (Wildman–Crippen MR) is 105 cm³/mol. The summed E-state index contributed by atoms with van der Waals surface area (Å²) < 4.78 is 0. The summed E-state index contributed by atoms with van der Waals surface area (Å²) in [6.45, 7) is 4.94. The van der Waals surface area contributed by atoms with Crippen molar-refractivity contribution in [2.45, 2.75) is 56.2 Å². The number of hydrogen-bond donors (Lipinski definition) is 4. The van der Waals surface area contributed by atoms with Crippen molar-refractivity contribution in [1.29, 1.82) is 0 Å². The Labute approximate surface area is 173 Å². The molecule has 6 unspecified atom stereocenters. The second-order valence-corrected chi connectivity index (χ2v) is 9.78. The molecule has 0 bridgehead atoms. The standard InChI is InChI=1S/C19H27N3O6S/c1-8-14-13(9(2)23)18(26)22(14)15(19(27)28)16(8)29-11-5-12(20-6-11)17(25)21-4-3-10(24)7-21/h8-14,20,23-24H,3-7H2,1-2H3,(H,27,28)/t8?,9?,10?,11?,12?,13?,14-/m0/s1. The minimum Gasteiger partial charge on any atom is -0.477 e. The van der Waals surface area contributed by atoms with Crippen LogP contribution in [0.4, 0.5) is 0 Å². The van der Waals surface area contributed by atoms with Gasteiger partial charge in [0.15, 0.2) is 0 Å². The van der Waals surface area contributed by atoms with Crippen molar-refractivity contribution in [3.63, 3.8) is 0 Å². The van der Waals surface area contributed by atoms with Crippen LogP contribution in [-0.2, 0) is 14.4 Å². The van der Waals surface area contributed by atoms with E-state index in [1.165, 1.54) is 16.7 Å². The van der Waals surface area contributed by atoms with E-state index in [4.69, 9.17) is 0 Å². The topological polar surface area (TPSA) is 130 Å². The van der Waals surface area contributed by atoms with Crippen LogP contribution in [0.2, 0.25) is 0 Å². The molecule has 0 aromatic carbocycles. The third-order valence-corrected chi connectivity index (χ3v) is 7.98. The highest BCUT2D eigenvalue weighted by Crippen LogP contribution is 2.51. The quantitative estimate of drug-likeness (QED) is 0.421. The van der Waals surface area contributed by atoms with Crippen molar-refractivity contribution in [1.82, 2.24) is 15.1 Å². The zero-order chi connectivity index (χ0) is 21.0. The number of thioether (sulfide) groups is 1. The zero-order valence-electron chi connectivity index (χ0n) is 16.4. The highest BCUT2D eigenvalue weighted by atomic mass is 32.2. The molecule has 0 saturated carbocycles. The van der Waals surface area contributed by atoms with Gasteiger partial charge in [-0.1, -0.05) is 6.92 Å². The molecule has 4 rings (SSSR count). The van der Waals surface area contributed by atoms with E-state index in [-0.39, 0.29) is 40.8 Å². The first kappa shape index (κ1) is 20.6. The van der Waals surface area contributed by atoms with Gasteiger partial charge >= 0.3 is 5.97 Å². The van der Waals surface area contributed by atoms with Crippen LogP contribution in [0, 0.1) is 11.8 Å². The summed E-state index contributed by atoms with van der Waals surface area (Å²) in [5, 5.41) is 32.5. The number of rotatable bonds is 5. The third kappa shape index (κ3) is 3.35. The number of carbonyl (C=O) groups is 3. The largest absolute Gasteiger partial charge is 0.477 e. The average molecular weight is 426 g/mol. The zero-order valence-corrected chi connectivity index (χ0v) is 17.3. The molecule has 0 aromatic rings. The van der Waals surface area contributed by atoms with E-state index in [9.17, 15) is 29.7 Å². The molecule has 0 aliphatic carbocycles. The second-order valence-electron chi connectivity index (χ2n) is 8.44. The van der Waals surface area contributed by atoms with Crippen LogP contribution >= 0.6 is 11.8 Å². The van der Waals surface area contributed by atoms with Crippen LogP contribution in [0.1, 0.15) is 26.7 Å². The molecule has 3 saturated heterocycles. The molecule has 160 valence electrons. The number of nitrogens with zero attached hydrogens (tertiary/aromatic N) is 2. The number of hydrogen-bond acceptors (Lipinski definition) is 7. The fraction of sp³-hybridized carbons (Fsp3) is 0.737. The van der Waals surface area contributed by atoms with Gasteiger partial charge in [0.1, 0.15) is 5.70 Å². The predicted octanol–water partition coefficient (Wildman–Crippen LogP) is -0.803. The van der Waals surface area contributed by atoms with E-state index < -0.39 is 24.1 Å². The van der Waals surface area contributed by atoms with Crippen LogP contribution in [0.15, 0.2) is 10.6 Å². The van der Waals surface area contributed by atoms with Crippen molar-refractivity contribution in [2.75, 3.05) is 19.6 Å². The van der Waals surface area contributed by atoms with Gasteiger partial charge in [0.05, 0.1) is 30.2 Å². The molecular formula is C19H27N3O6S. The second kappa shape index (κ2) is 7.57. The Morgan fingerprint density at radius 1 is 1.34 bits per heavy atom. The molecule has 9 nitrogen and oxygen atoms in total. The normalized spacial score (nSPS) is 37.7. The Hall–Kier alpha value is -1.62. The number of carbonyl (C=O) groups excluding carboxylic acids is 2. The number of β-amino-alcohol motifs (C(OH)–C–C–N with tert-alkyl or cyclic N) is 1. The Morgan fingerprint density at radius 3 is 2.66 bits per heavy atom. The summed E-state index contributed by atoms with van der Waals surface area (Å²) >= 11 is 1.43. The number of nitrogens with one attached hydrogen (secondary N) is 1. The lowest BCUT2D eigenvalue weighted by Crippen LogP contribution is -2.63. The number of aliphatic hydroxyl groups is 2. The molecule has 29 heavy (non-hydrogen) atoms. The monoisotopic (exact) mass is 425 g/mol. The molecule has 3 fully saturated rings. The summed E-state index contributed by atoms with van der Waals surface area (Å²) in [6, 6.07) is -0.666. The van der Waals surface area contributed by atoms with Gasteiger partial charge in [-0.25, -0.2) is 4.79 Å². The lowest BCUT2D eigenvalue weighted by Gasteiger charge is -2.46. The molecular weight excluding hydrogens is 398 g/mol. The van der Waals surface area contributed by atoms with Crippen molar-refractivity contribution in [3.05, 3.63) is 10.6 Å². The maximum atomic E-state index is 12.6. The van der Waals surface area contributed by atoms with Crippen molar-refractivity contribution in [3.8, 4) is 0 Å². The van der Waals surface area contributed by atoms with Gasteiger partial charge in [-0.3, -0.25) is 9.59 Å². The van der Waals surface area contributed by atoms with Crippen LogP contribution < -0.4 is 5.32 Å². The van der Waals surface area contributed by atoms with Crippen LogP contribution in [0.5, 0.6) is 0 Å². The fourth-order valence-electron chi connectivity index (χ4n) is 5.00. The summed E-state index contributed by atoms with van der Waals surface area (Å²) in [5.74, 6) is -2.24. The fourth-order valence-corrected chi connectivity index (χ4v) is 6.48. The maximum Gasteiger partial charge on any atom is 0.353 e. The third-order valence-electron chi connectivity index (χ3n) is 6.47. The summed E-state index contributed by atoms with van der Waals surface area (Å²) in [6.07, 6.45) is -0.121. The van der Waals surface area contributed by atoms with Gasteiger partial charge in [0.25, 0.3) is 0 Å². The minimum absolute atomic E-state index is 0.0158. The number of aliphatic carboxylic acids is 1. The van der Waals surface area contributed by atoms with Gasteiger partial charge in [0, 0.05) is 35.7 Å². The van der Waals surface area contributed by atoms with E-state index in [0.717, 1.165) is 0 Å². The highest BCUT2D eigenvalue weighted by Gasteiger charge is 2.60. The highest BCUT2D eigenvalue weighted by molar-refractivity contribution is 8.03. The molecule has 4 heterocycles. The Bertz CT molecular complexity index is 771. The SMILES string of the molecule is CC(O)C1C(=O)N2C(C(=O)O)=C(SC3CNC(C(=O)N4CCC(O)C4)C3)C(C)[C@@H]12. The van der Waals surface area contributed by atoms with Gasteiger partial charge < -0.3 is 30.4 Å². The van der Waals surface area contributed by atoms with E-state index in [2.05, 4.69) is 5.32 Å². The Balaban J connectivity index is 1.46. The van der Waals surface area contributed by atoms with Crippen LogP contribution in [-0.4, -0.2) is 92.1 Å². The average Bonchev–Trinajstić information content (AvgIpc) is 3.33. The number of aliphatic hydroxyl groups excluding tert-OH is 2. The smallest absolute Gasteiger partial charge is 0.353 e. The van der Waals surface area contributed by atoms with Crippen LogP contribution in [0.25, 0.3) is 0 Å². The number of amides is 2. The molecule has 4 aliphatic heterocycles. The Kier molecular flexibility index (Phi) is 5.39. The van der Waals surface area contributed by atoms with E-state index in [1.807, 2.05) is 6.92 Å². The van der Waals surface area contributed by atoms with E-state index >= 15 is 0 Å². The summed E-state index contributed by atoms with van der Waals surface area (Å²) in [4.78, 5) is 40.6. The number of β-lactam (4-membered cyclic amide) rings is 1. The molecule has 0 aromatic heterocycles. The minimum atomic E-state index is -1.14. The lowest BCUT2D eigenvalue weighted by atomic mass is 9.79. The summed E-state index contributed by atoms with van der Waals surface area (Å²) in [5.41, 5.74) is 0.0202. The number of fused-ring (bicyclic) bond motifs is 1. The first-order valence-electron chi connectivity index (χ1n) is 10.1. The van der Waals surface area contributed by atoms with Gasteiger partial charge in [0.2, 0.25) is 11.8 Å². The first-order chi connectivity index (χ1) is 13.7. The molecule has 7 atom stereocenters. The van der Waals surface area contributed by atoms with Crippen LogP contribution in [0.3, 0.4) is 0 Å². The number of likely N-dealkylation sites (tertiary alicyclic amines) is 1. The maximum absolute atomic E-state index is 12.6. The summed E-state index contributed by atoms with van der Waals surface area (Å²) in [7, 11) is 0. The molecule has 2 amide bonds. The molecule has 4 N–H and O–H groups in total. The van der Waals surface area contributed by atoms with Crippen molar-refractivity contribution < 1.29 is 29.7 Å². The molecule has 0 spiro atoms. The van der Waals surface area contributed by atoms with Gasteiger partial charge in [-0.05, 0) is 19.8 Å². The molecule has 0 radical (unpaired) electrons. The molecule has 4 aliphatic rings. The number of carboxylic acids is 1. The van der Waals surface area contributed by atoms with Crippen molar-refractivity contribution >= 4 is 29.5 Å². The van der Waals surface area contributed by atoms with E-state index in [0.29, 0.717) is 37.4 Å². The Morgan fingerprint density at radius 2 is 2.07 bits per heavy atom. The number of carboxylic acid groups (broad SMARTS) is 1. The van der Waals surface area contributed by atoms with Gasteiger partial charge in [-0.15, -0.1) is 11.8 Å². The first-order valence-corrected chi connectivity index (χ1v) is 10.9. The molecule has 10 heteroatoms. The van der Waals surface area contributed by atoms with Crippen molar-refractivity contribution in [2.24, 2.45) is 11.8 Å². The van der Waals surface area contributed by atoms with Gasteiger partial charge in [-0.2, -0.15) is 0 Å². The lowest BCUT2D eigenvalue weighted by molar-refractivity contribution is -0.163. The van der Waals surface area contributed by atoms with E-state index in [1.54, 1.807) is 11.8 Å².